The highest BCUT2D eigenvalue weighted by Gasteiger charge is 2.09. The molecule has 1 aromatic heterocycles. The maximum Gasteiger partial charge on any atom is 0.119 e. The SMILES string of the molecule is Cc1c(CO)nnn1-c1ccc(OCC(C)C)cc1. The van der Waals surface area contributed by atoms with Crippen LogP contribution in [0, 0.1) is 12.8 Å². The Morgan fingerprint density at radius 2 is 1.95 bits per heavy atom. The molecule has 5 heteroatoms. The molecule has 0 aliphatic heterocycles. The number of rotatable bonds is 5. The van der Waals surface area contributed by atoms with Gasteiger partial charge in [-0.3, -0.25) is 0 Å². The lowest BCUT2D eigenvalue weighted by atomic mass is 10.2. The zero-order valence-electron chi connectivity index (χ0n) is 11.5. The largest absolute Gasteiger partial charge is 0.493 e. The first-order valence-corrected chi connectivity index (χ1v) is 6.37. The van der Waals surface area contributed by atoms with E-state index in [-0.39, 0.29) is 6.61 Å². The minimum absolute atomic E-state index is 0.0958. The Kier molecular flexibility index (Phi) is 4.16. The van der Waals surface area contributed by atoms with Gasteiger partial charge in [-0.1, -0.05) is 19.1 Å². The summed E-state index contributed by atoms with van der Waals surface area (Å²) in [5.74, 6) is 1.35. The van der Waals surface area contributed by atoms with Crippen molar-refractivity contribution in [2.45, 2.75) is 27.4 Å². The fourth-order valence-corrected chi connectivity index (χ4v) is 1.70. The molecule has 0 unspecified atom stereocenters. The van der Waals surface area contributed by atoms with Gasteiger partial charge in [0.2, 0.25) is 0 Å². The van der Waals surface area contributed by atoms with Gasteiger partial charge in [0.15, 0.2) is 0 Å². The van der Waals surface area contributed by atoms with Crippen molar-refractivity contribution in [3.8, 4) is 11.4 Å². The van der Waals surface area contributed by atoms with E-state index < -0.39 is 0 Å². The van der Waals surface area contributed by atoms with E-state index in [9.17, 15) is 0 Å². The summed E-state index contributed by atoms with van der Waals surface area (Å²) >= 11 is 0. The van der Waals surface area contributed by atoms with Crippen molar-refractivity contribution < 1.29 is 9.84 Å². The normalized spacial score (nSPS) is 11.0. The minimum atomic E-state index is -0.0958. The van der Waals surface area contributed by atoms with E-state index in [4.69, 9.17) is 9.84 Å². The number of ether oxygens (including phenoxy) is 1. The summed E-state index contributed by atoms with van der Waals surface area (Å²) < 4.78 is 7.34. The predicted molar refractivity (Wildman–Crippen MR) is 72.4 cm³/mol. The zero-order chi connectivity index (χ0) is 13.8. The molecular formula is C14H19N3O2. The highest BCUT2D eigenvalue weighted by molar-refractivity contribution is 5.38. The third kappa shape index (κ3) is 3.12. The van der Waals surface area contributed by atoms with Crippen molar-refractivity contribution in [1.29, 1.82) is 0 Å². The summed E-state index contributed by atoms with van der Waals surface area (Å²) in [7, 11) is 0. The first-order valence-electron chi connectivity index (χ1n) is 6.37. The first-order chi connectivity index (χ1) is 9.11. The van der Waals surface area contributed by atoms with E-state index in [0.29, 0.717) is 18.2 Å². The van der Waals surface area contributed by atoms with Gasteiger partial charge in [0.1, 0.15) is 11.4 Å². The molecule has 0 bridgehead atoms. The van der Waals surface area contributed by atoms with Crippen molar-refractivity contribution in [2.24, 2.45) is 5.92 Å². The van der Waals surface area contributed by atoms with Crippen LogP contribution in [-0.4, -0.2) is 26.7 Å². The van der Waals surface area contributed by atoms with Crippen LogP contribution in [0.3, 0.4) is 0 Å². The van der Waals surface area contributed by atoms with Crippen molar-refractivity contribution in [3.05, 3.63) is 35.7 Å². The molecule has 102 valence electrons. The molecule has 0 aliphatic rings. The van der Waals surface area contributed by atoms with Crippen LogP contribution in [0.25, 0.3) is 5.69 Å². The van der Waals surface area contributed by atoms with Crippen LogP contribution in [0.15, 0.2) is 24.3 Å². The molecule has 0 spiro atoms. The van der Waals surface area contributed by atoms with Gasteiger partial charge in [-0.2, -0.15) is 0 Å². The third-order valence-corrected chi connectivity index (χ3v) is 2.80. The van der Waals surface area contributed by atoms with Crippen LogP contribution in [0.5, 0.6) is 5.75 Å². The van der Waals surface area contributed by atoms with Gasteiger partial charge in [-0.15, -0.1) is 5.10 Å². The highest BCUT2D eigenvalue weighted by atomic mass is 16.5. The van der Waals surface area contributed by atoms with Crippen LogP contribution < -0.4 is 4.74 Å². The molecule has 1 aromatic carbocycles. The lowest BCUT2D eigenvalue weighted by molar-refractivity contribution is 0.271. The number of benzene rings is 1. The Labute approximate surface area is 112 Å². The molecule has 0 saturated carbocycles. The molecule has 0 fully saturated rings. The van der Waals surface area contributed by atoms with Crippen LogP contribution in [-0.2, 0) is 6.61 Å². The maximum absolute atomic E-state index is 9.11. The van der Waals surface area contributed by atoms with Gasteiger partial charge in [0.05, 0.1) is 24.6 Å². The molecule has 1 N–H and O–H groups in total. The average Bonchev–Trinajstić information content (AvgIpc) is 2.78. The predicted octanol–water partition coefficient (Wildman–Crippen LogP) is 2.10. The second-order valence-corrected chi connectivity index (χ2v) is 4.89. The molecule has 1 heterocycles. The Bertz CT molecular complexity index is 532. The molecule has 0 saturated heterocycles. The van der Waals surface area contributed by atoms with Gasteiger partial charge in [-0.05, 0) is 37.1 Å². The summed E-state index contributed by atoms with van der Waals surface area (Å²) in [6, 6.07) is 7.69. The third-order valence-electron chi connectivity index (χ3n) is 2.80. The average molecular weight is 261 g/mol. The molecule has 0 atom stereocenters. The lowest BCUT2D eigenvalue weighted by Crippen LogP contribution is -2.05. The van der Waals surface area contributed by atoms with E-state index in [0.717, 1.165) is 17.1 Å². The van der Waals surface area contributed by atoms with Gasteiger partial charge < -0.3 is 9.84 Å². The molecule has 5 nitrogen and oxygen atoms in total. The van der Waals surface area contributed by atoms with Crippen molar-refractivity contribution in [3.63, 3.8) is 0 Å². The van der Waals surface area contributed by atoms with Gasteiger partial charge in [-0.25, -0.2) is 4.68 Å². The van der Waals surface area contributed by atoms with Crippen molar-refractivity contribution in [2.75, 3.05) is 6.61 Å². The summed E-state index contributed by atoms with van der Waals surface area (Å²) in [6.45, 7) is 6.72. The lowest BCUT2D eigenvalue weighted by Gasteiger charge is -2.09. The summed E-state index contributed by atoms with van der Waals surface area (Å²) in [5.41, 5.74) is 2.35. The highest BCUT2D eigenvalue weighted by Crippen LogP contribution is 2.17. The molecule has 19 heavy (non-hydrogen) atoms. The number of hydrogen-bond donors (Lipinski definition) is 1. The van der Waals surface area contributed by atoms with Crippen molar-refractivity contribution in [1.82, 2.24) is 15.0 Å². The fourth-order valence-electron chi connectivity index (χ4n) is 1.70. The Hall–Kier alpha value is -1.88. The van der Waals surface area contributed by atoms with Gasteiger partial charge in [0.25, 0.3) is 0 Å². The topological polar surface area (TPSA) is 60.2 Å². The van der Waals surface area contributed by atoms with E-state index >= 15 is 0 Å². The Morgan fingerprint density at radius 3 is 2.47 bits per heavy atom. The molecule has 2 rings (SSSR count). The number of aliphatic hydroxyl groups is 1. The minimum Gasteiger partial charge on any atom is -0.493 e. The van der Waals surface area contributed by atoms with E-state index in [2.05, 4.69) is 24.2 Å². The second-order valence-electron chi connectivity index (χ2n) is 4.89. The number of aliphatic hydroxyl groups excluding tert-OH is 1. The van der Waals surface area contributed by atoms with E-state index in [1.807, 2.05) is 31.2 Å². The molecule has 0 aliphatic carbocycles. The van der Waals surface area contributed by atoms with Crippen LogP contribution in [0.4, 0.5) is 0 Å². The van der Waals surface area contributed by atoms with E-state index in [1.54, 1.807) is 4.68 Å². The Morgan fingerprint density at radius 1 is 1.26 bits per heavy atom. The molecule has 2 aromatic rings. The van der Waals surface area contributed by atoms with Crippen LogP contribution in [0.1, 0.15) is 25.2 Å². The summed E-state index contributed by atoms with van der Waals surface area (Å²) in [5, 5.41) is 17.1. The summed E-state index contributed by atoms with van der Waals surface area (Å²) in [6.07, 6.45) is 0. The smallest absolute Gasteiger partial charge is 0.119 e. The van der Waals surface area contributed by atoms with E-state index in [1.165, 1.54) is 0 Å². The number of aromatic nitrogens is 3. The molecular weight excluding hydrogens is 242 g/mol. The quantitative estimate of drug-likeness (QED) is 0.895. The Balaban J connectivity index is 2.15. The second kappa shape index (κ2) is 5.84. The van der Waals surface area contributed by atoms with Crippen molar-refractivity contribution >= 4 is 0 Å². The number of nitrogens with zero attached hydrogens (tertiary/aromatic N) is 3. The molecule has 0 radical (unpaired) electrons. The first kappa shape index (κ1) is 13.5. The zero-order valence-corrected chi connectivity index (χ0v) is 11.5. The van der Waals surface area contributed by atoms with Crippen LogP contribution >= 0.6 is 0 Å². The monoisotopic (exact) mass is 261 g/mol. The van der Waals surface area contributed by atoms with Crippen LogP contribution in [0.2, 0.25) is 0 Å². The van der Waals surface area contributed by atoms with Gasteiger partial charge in [0, 0.05) is 0 Å². The number of hydrogen-bond acceptors (Lipinski definition) is 4. The fraction of sp³-hybridized carbons (Fsp3) is 0.429. The molecule has 0 amide bonds. The standard InChI is InChI=1S/C14H19N3O2/c1-10(2)9-19-13-6-4-12(5-7-13)17-11(3)14(8-18)15-16-17/h4-7,10,18H,8-9H2,1-3H3. The van der Waals surface area contributed by atoms with Gasteiger partial charge >= 0.3 is 0 Å². The maximum atomic E-state index is 9.11. The summed E-state index contributed by atoms with van der Waals surface area (Å²) in [4.78, 5) is 0.